The van der Waals surface area contributed by atoms with E-state index < -0.39 is 0 Å². The molecule has 4 heteroatoms. The lowest BCUT2D eigenvalue weighted by Crippen LogP contribution is -2.20. The summed E-state index contributed by atoms with van der Waals surface area (Å²) in [6.07, 6.45) is 0.544. The number of benzene rings is 1. The molecular weight excluding hydrogens is 261 g/mol. The Labute approximate surface area is 96.8 Å². The minimum absolute atomic E-state index is 0.0244. The van der Waals surface area contributed by atoms with Gasteiger partial charge in [0.15, 0.2) is 0 Å². The molecule has 0 amide bonds. The molecule has 1 rings (SSSR count). The number of nitrogens with two attached hydrogens (primary N) is 1. The summed E-state index contributed by atoms with van der Waals surface area (Å²) in [6.45, 7) is 1.78. The first-order valence-corrected chi connectivity index (χ1v) is 5.50. The highest BCUT2D eigenvalue weighted by Gasteiger charge is 2.10. The van der Waals surface area contributed by atoms with Gasteiger partial charge < -0.3 is 5.73 Å². The van der Waals surface area contributed by atoms with Crippen LogP contribution < -0.4 is 5.73 Å². The monoisotopic (exact) mass is 273 g/mol. The lowest BCUT2D eigenvalue weighted by molar-refractivity contribution is -0.118. The van der Waals surface area contributed by atoms with Gasteiger partial charge in [-0.25, -0.2) is 4.39 Å². The maximum absolute atomic E-state index is 13.1. The Kier molecular flexibility index (Phi) is 4.42. The SMILES string of the molecule is CC(N)CC(=O)Cc1cccc(F)c1Br. The van der Waals surface area contributed by atoms with Crippen molar-refractivity contribution in [3.8, 4) is 0 Å². The highest BCUT2D eigenvalue weighted by Crippen LogP contribution is 2.21. The first kappa shape index (κ1) is 12.3. The first-order valence-electron chi connectivity index (χ1n) is 4.71. The molecule has 0 aliphatic rings. The molecule has 2 nitrogen and oxygen atoms in total. The van der Waals surface area contributed by atoms with E-state index in [0.29, 0.717) is 16.5 Å². The highest BCUT2D eigenvalue weighted by molar-refractivity contribution is 9.10. The standard InChI is InChI=1S/C11H13BrFNO/c1-7(14)5-9(15)6-8-3-2-4-10(13)11(8)12/h2-4,7H,5-6,14H2,1H3. The summed E-state index contributed by atoms with van der Waals surface area (Å²) in [4.78, 5) is 11.5. The van der Waals surface area contributed by atoms with E-state index in [9.17, 15) is 9.18 Å². The molecule has 0 saturated carbocycles. The van der Waals surface area contributed by atoms with Gasteiger partial charge in [-0.2, -0.15) is 0 Å². The molecule has 1 aromatic rings. The van der Waals surface area contributed by atoms with Gasteiger partial charge in [0.1, 0.15) is 11.6 Å². The molecule has 0 bridgehead atoms. The van der Waals surface area contributed by atoms with Crippen LogP contribution in [0.4, 0.5) is 4.39 Å². The van der Waals surface area contributed by atoms with Crippen molar-refractivity contribution in [3.63, 3.8) is 0 Å². The predicted octanol–water partition coefficient (Wildman–Crippen LogP) is 2.44. The van der Waals surface area contributed by atoms with Crippen LogP contribution >= 0.6 is 15.9 Å². The molecule has 0 aliphatic heterocycles. The second-order valence-electron chi connectivity index (χ2n) is 3.61. The summed E-state index contributed by atoms with van der Waals surface area (Å²) in [5, 5.41) is 0. The first-order chi connectivity index (χ1) is 7.00. The van der Waals surface area contributed by atoms with Crippen molar-refractivity contribution in [2.24, 2.45) is 5.73 Å². The highest BCUT2D eigenvalue weighted by atomic mass is 79.9. The average molecular weight is 274 g/mol. The van der Waals surface area contributed by atoms with Crippen molar-refractivity contribution in [1.82, 2.24) is 0 Å². The molecular formula is C11H13BrFNO. The minimum atomic E-state index is -0.346. The zero-order valence-electron chi connectivity index (χ0n) is 8.47. The summed E-state index contributed by atoms with van der Waals surface area (Å²) in [5.74, 6) is -0.322. The number of carbonyl (C=O) groups is 1. The van der Waals surface area contributed by atoms with Crippen LogP contribution in [-0.2, 0) is 11.2 Å². The van der Waals surface area contributed by atoms with E-state index in [1.807, 2.05) is 0 Å². The van der Waals surface area contributed by atoms with Crippen LogP contribution in [-0.4, -0.2) is 11.8 Å². The van der Waals surface area contributed by atoms with Crippen molar-refractivity contribution in [1.29, 1.82) is 0 Å². The van der Waals surface area contributed by atoms with Gasteiger partial charge in [0.25, 0.3) is 0 Å². The Bertz CT molecular complexity index is 366. The summed E-state index contributed by atoms with van der Waals surface area (Å²) in [6, 6.07) is 4.52. The van der Waals surface area contributed by atoms with Crippen LogP contribution in [0.5, 0.6) is 0 Å². The zero-order chi connectivity index (χ0) is 11.4. The van der Waals surface area contributed by atoms with E-state index in [-0.39, 0.29) is 24.1 Å². The Hall–Kier alpha value is -0.740. The van der Waals surface area contributed by atoms with E-state index in [1.165, 1.54) is 6.07 Å². The van der Waals surface area contributed by atoms with Gasteiger partial charge in [0.2, 0.25) is 0 Å². The van der Waals surface area contributed by atoms with Crippen molar-refractivity contribution in [2.75, 3.05) is 0 Å². The largest absolute Gasteiger partial charge is 0.328 e. The van der Waals surface area contributed by atoms with Gasteiger partial charge in [-0.05, 0) is 34.5 Å². The van der Waals surface area contributed by atoms with Crippen molar-refractivity contribution in [2.45, 2.75) is 25.8 Å². The van der Waals surface area contributed by atoms with Crippen molar-refractivity contribution < 1.29 is 9.18 Å². The van der Waals surface area contributed by atoms with Crippen molar-refractivity contribution >= 4 is 21.7 Å². The van der Waals surface area contributed by atoms with Crippen LogP contribution in [0.2, 0.25) is 0 Å². The lowest BCUT2D eigenvalue weighted by Gasteiger charge is -2.06. The van der Waals surface area contributed by atoms with Crippen LogP contribution in [0, 0.1) is 5.82 Å². The molecule has 1 unspecified atom stereocenters. The molecule has 2 N–H and O–H groups in total. The smallest absolute Gasteiger partial charge is 0.138 e. The molecule has 82 valence electrons. The van der Waals surface area contributed by atoms with E-state index in [2.05, 4.69) is 15.9 Å². The summed E-state index contributed by atoms with van der Waals surface area (Å²) >= 11 is 3.12. The molecule has 15 heavy (non-hydrogen) atoms. The van der Waals surface area contributed by atoms with Gasteiger partial charge >= 0.3 is 0 Å². The summed E-state index contributed by atoms with van der Waals surface area (Å²) < 4.78 is 13.5. The van der Waals surface area contributed by atoms with E-state index >= 15 is 0 Å². The molecule has 0 radical (unpaired) electrons. The van der Waals surface area contributed by atoms with Gasteiger partial charge in [0, 0.05) is 18.9 Å². The molecule has 1 atom stereocenters. The fourth-order valence-corrected chi connectivity index (χ4v) is 1.73. The number of Topliss-reactive ketones (excluding diaryl/α,β-unsaturated/α-hetero) is 1. The predicted molar refractivity (Wildman–Crippen MR) is 61.1 cm³/mol. The number of carbonyl (C=O) groups excluding carboxylic acids is 1. The number of ketones is 1. The minimum Gasteiger partial charge on any atom is -0.328 e. The number of hydrogen-bond acceptors (Lipinski definition) is 2. The van der Waals surface area contributed by atoms with Crippen LogP contribution in [0.25, 0.3) is 0 Å². The fraction of sp³-hybridized carbons (Fsp3) is 0.364. The molecule has 0 aliphatic carbocycles. The fourth-order valence-electron chi connectivity index (χ4n) is 1.33. The lowest BCUT2D eigenvalue weighted by atomic mass is 10.0. The van der Waals surface area contributed by atoms with Gasteiger partial charge in [-0.3, -0.25) is 4.79 Å². The molecule has 0 fully saturated rings. The number of hydrogen-bond donors (Lipinski definition) is 1. The third kappa shape index (κ3) is 3.72. The van der Waals surface area contributed by atoms with Crippen LogP contribution in [0.1, 0.15) is 18.9 Å². The maximum Gasteiger partial charge on any atom is 0.138 e. The Morgan fingerprint density at radius 1 is 1.60 bits per heavy atom. The Morgan fingerprint density at radius 3 is 2.87 bits per heavy atom. The zero-order valence-corrected chi connectivity index (χ0v) is 10.1. The van der Waals surface area contributed by atoms with Gasteiger partial charge in [0.05, 0.1) is 4.47 Å². The Morgan fingerprint density at radius 2 is 2.27 bits per heavy atom. The van der Waals surface area contributed by atoms with Gasteiger partial charge in [-0.1, -0.05) is 12.1 Å². The van der Waals surface area contributed by atoms with Crippen LogP contribution in [0.15, 0.2) is 22.7 Å². The quantitative estimate of drug-likeness (QED) is 0.916. The normalized spacial score (nSPS) is 12.5. The van der Waals surface area contributed by atoms with E-state index in [1.54, 1.807) is 19.1 Å². The van der Waals surface area contributed by atoms with Crippen LogP contribution in [0.3, 0.4) is 0 Å². The molecule has 0 aromatic heterocycles. The number of rotatable bonds is 4. The summed E-state index contributed by atoms with van der Waals surface area (Å²) in [7, 11) is 0. The third-order valence-corrected chi connectivity index (χ3v) is 2.86. The van der Waals surface area contributed by atoms with E-state index in [0.717, 1.165) is 0 Å². The molecule has 1 aromatic carbocycles. The summed E-state index contributed by atoms with van der Waals surface area (Å²) in [5.41, 5.74) is 6.18. The second-order valence-corrected chi connectivity index (χ2v) is 4.40. The van der Waals surface area contributed by atoms with Crippen molar-refractivity contribution in [3.05, 3.63) is 34.1 Å². The Balaban J connectivity index is 2.73. The second kappa shape index (κ2) is 5.37. The topological polar surface area (TPSA) is 43.1 Å². The average Bonchev–Trinajstić information content (AvgIpc) is 2.11. The molecule has 0 saturated heterocycles. The molecule has 0 heterocycles. The number of halogens is 2. The van der Waals surface area contributed by atoms with Gasteiger partial charge in [-0.15, -0.1) is 0 Å². The maximum atomic E-state index is 13.1. The molecule has 0 spiro atoms. The third-order valence-electron chi connectivity index (χ3n) is 1.97. The van der Waals surface area contributed by atoms with E-state index in [4.69, 9.17) is 5.73 Å².